The van der Waals surface area contributed by atoms with Gasteiger partial charge in [-0.2, -0.15) is 0 Å². The largest absolute Gasteiger partial charge is 0.465 e. The zero-order valence-electron chi connectivity index (χ0n) is 9.09. The maximum Gasteiger partial charge on any atom is 0.249 e. The minimum Gasteiger partial charge on any atom is -0.465 e. The van der Waals surface area contributed by atoms with Gasteiger partial charge in [-0.25, -0.2) is 0 Å². The van der Waals surface area contributed by atoms with Crippen molar-refractivity contribution >= 4 is 30.9 Å². The lowest BCUT2D eigenvalue weighted by atomic mass is 9.93. The monoisotopic (exact) mass is 223 g/mol. The van der Waals surface area contributed by atoms with Crippen LogP contribution in [-0.2, 0) is 4.79 Å². The lowest BCUT2D eigenvalue weighted by molar-refractivity contribution is -0.112. The van der Waals surface area contributed by atoms with Crippen LogP contribution in [0.15, 0.2) is 47.1 Å². The summed E-state index contributed by atoms with van der Waals surface area (Å²) >= 11 is 0. The van der Waals surface area contributed by atoms with Crippen LogP contribution in [0, 0.1) is 0 Å². The summed E-state index contributed by atoms with van der Waals surface area (Å²) in [7, 11) is 5.58. The molecule has 1 heterocycles. The van der Waals surface area contributed by atoms with Crippen molar-refractivity contribution in [3.05, 3.63) is 54.0 Å². The third-order valence-electron chi connectivity index (χ3n) is 2.32. The molecular formula is C13H10BNO2. The molecule has 0 atom stereocenters. The van der Waals surface area contributed by atoms with Gasteiger partial charge < -0.3 is 10.2 Å². The van der Waals surface area contributed by atoms with Gasteiger partial charge in [-0.15, -0.1) is 0 Å². The highest BCUT2D eigenvalue weighted by molar-refractivity contribution is 6.32. The second kappa shape index (κ2) is 4.74. The molecule has 1 aromatic carbocycles. The first-order valence-electron chi connectivity index (χ1n) is 5.08. The summed E-state index contributed by atoms with van der Waals surface area (Å²) in [4.78, 5) is 11.4. The van der Waals surface area contributed by atoms with Crippen LogP contribution in [0.3, 0.4) is 0 Å². The SMILES string of the molecule is [B]c1ccc(/C(=C\c2ccco2)C(N)=O)cc1. The first-order chi connectivity index (χ1) is 8.16. The molecule has 82 valence electrons. The molecule has 1 amide bonds. The highest BCUT2D eigenvalue weighted by atomic mass is 16.3. The smallest absolute Gasteiger partial charge is 0.249 e. The standard InChI is InChI=1S/C13H10BNO2/c14-10-5-3-9(4-6-10)12(13(15)16)8-11-2-1-7-17-11/h1-8H,(H2,15,16)/b12-8+. The summed E-state index contributed by atoms with van der Waals surface area (Å²) in [5.41, 5.74) is 7.08. The zero-order chi connectivity index (χ0) is 12.3. The summed E-state index contributed by atoms with van der Waals surface area (Å²) < 4.78 is 5.15. The molecule has 2 N–H and O–H groups in total. The van der Waals surface area contributed by atoms with E-state index in [2.05, 4.69) is 0 Å². The Morgan fingerprint density at radius 1 is 1.24 bits per heavy atom. The van der Waals surface area contributed by atoms with Crippen LogP contribution in [0.5, 0.6) is 0 Å². The van der Waals surface area contributed by atoms with E-state index < -0.39 is 5.91 Å². The van der Waals surface area contributed by atoms with Gasteiger partial charge in [0.05, 0.1) is 11.8 Å². The van der Waals surface area contributed by atoms with Crippen LogP contribution in [0.25, 0.3) is 11.6 Å². The molecule has 0 saturated carbocycles. The van der Waals surface area contributed by atoms with Crippen LogP contribution in [-0.4, -0.2) is 13.8 Å². The molecule has 17 heavy (non-hydrogen) atoms. The quantitative estimate of drug-likeness (QED) is 0.625. The minimum atomic E-state index is -0.508. The lowest BCUT2D eigenvalue weighted by Gasteiger charge is -2.03. The molecule has 1 aromatic heterocycles. The van der Waals surface area contributed by atoms with E-state index in [4.69, 9.17) is 18.0 Å². The molecule has 0 bridgehead atoms. The number of hydrogen-bond acceptors (Lipinski definition) is 2. The maximum atomic E-state index is 11.4. The number of primary amides is 1. The second-order valence-corrected chi connectivity index (χ2v) is 3.56. The minimum absolute atomic E-state index is 0.389. The van der Waals surface area contributed by atoms with Crippen molar-refractivity contribution in [3.63, 3.8) is 0 Å². The van der Waals surface area contributed by atoms with Gasteiger partial charge >= 0.3 is 0 Å². The predicted molar refractivity (Wildman–Crippen MR) is 67.6 cm³/mol. The third kappa shape index (κ3) is 2.66. The van der Waals surface area contributed by atoms with Gasteiger partial charge in [-0.3, -0.25) is 4.79 Å². The molecule has 0 aliphatic carbocycles. The first kappa shape index (κ1) is 11.3. The maximum absolute atomic E-state index is 11.4. The molecule has 0 aliphatic rings. The molecule has 2 rings (SSSR count). The van der Waals surface area contributed by atoms with E-state index in [1.807, 2.05) is 0 Å². The Morgan fingerprint density at radius 2 is 1.94 bits per heavy atom. The Hall–Kier alpha value is -2.23. The molecule has 4 heteroatoms. The number of benzene rings is 1. The fraction of sp³-hybridized carbons (Fsp3) is 0. The van der Waals surface area contributed by atoms with E-state index in [9.17, 15) is 4.79 Å². The number of furan rings is 1. The van der Waals surface area contributed by atoms with Crippen molar-refractivity contribution < 1.29 is 9.21 Å². The Balaban J connectivity index is 2.43. The summed E-state index contributed by atoms with van der Waals surface area (Å²) in [6.45, 7) is 0. The van der Waals surface area contributed by atoms with E-state index in [0.717, 1.165) is 0 Å². The molecule has 0 spiro atoms. The van der Waals surface area contributed by atoms with Crippen molar-refractivity contribution in [2.24, 2.45) is 5.73 Å². The highest BCUT2D eigenvalue weighted by Gasteiger charge is 2.08. The van der Waals surface area contributed by atoms with Gasteiger partial charge in [0.1, 0.15) is 13.6 Å². The predicted octanol–water partition coefficient (Wildman–Crippen LogP) is 1.10. The number of amides is 1. The van der Waals surface area contributed by atoms with Crippen molar-refractivity contribution in [1.29, 1.82) is 0 Å². The third-order valence-corrected chi connectivity index (χ3v) is 2.32. The van der Waals surface area contributed by atoms with Gasteiger partial charge in [0.2, 0.25) is 5.91 Å². The Morgan fingerprint density at radius 3 is 2.47 bits per heavy atom. The van der Waals surface area contributed by atoms with Crippen molar-refractivity contribution in [3.8, 4) is 0 Å². The van der Waals surface area contributed by atoms with E-state index in [1.165, 1.54) is 6.26 Å². The molecule has 0 fully saturated rings. The second-order valence-electron chi connectivity index (χ2n) is 3.56. The Kier molecular flexibility index (Phi) is 3.14. The normalized spacial score (nSPS) is 11.4. The summed E-state index contributed by atoms with van der Waals surface area (Å²) in [5, 5.41) is 0. The van der Waals surface area contributed by atoms with Crippen LogP contribution in [0.4, 0.5) is 0 Å². The summed E-state index contributed by atoms with van der Waals surface area (Å²) in [5.74, 6) is 0.0711. The van der Waals surface area contributed by atoms with Crippen LogP contribution < -0.4 is 11.2 Å². The van der Waals surface area contributed by atoms with Gasteiger partial charge in [0, 0.05) is 0 Å². The first-order valence-corrected chi connectivity index (χ1v) is 5.08. The summed E-state index contributed by atoms with van der Waals surface area (Å²) in [6, 6.07) is 10.4. The van der Waals surface area contributed by atoms with E-state index in [1.54, 1.807) is 42.5 Å². The zero-order valence-corrected chi connectivity index (χ0v) is 9.09. The van der Waals surface area contributed by atoms with Gasteiger partial charge in [0.25, 0.3) is 0 Å². The van der Waals surface area contributed by atoms with Gasteiger partial charge in [-0.1, -0.05) is 29.7 Å². The number of hydrogen-bond donors (Lipinski definition) is 1. The average molecular weight is 223 g/mol. The summed E-state index contributed by atoms with van der Waals surface area (Å²) in [6.07, 6.45) is 3.14. The number of carbonyl (C=O) groups excluding carboxylic acids is 1. The lowest BCUT2D eigenvalue weighted by Crippen LogP contribution is -2.13. The van der Waals surface area contributed by atoms with Gasteiger partial charge in [-0.05, 0) is 23.8 Å². The fourth-order valence-corrected chi connectivity index (χ4v) is 1.48. The Bertz CT molecular complexity index is 541. The average Bonchev–Trinajstić information content (AvgIpc) is 2.80. The van der Waals surface area contributed by atoms with Crippen LogP contribution in [0.2, 0.25) is 0 Å². The van der Waals surface area contributed by atoms with E-state index in [0.29, 0.717) is 22.4 Å². The molecule has 0 aliphatic heterocycles. The number of rotatable bonds is 3. The van der Waals surface area contributed by atoms with Gasteiger partial charge in [0.15, 0.2) is 0 Å². The molecule has 2 aromatic rings. The number of carbonyl (C=O) groups is 1. The highest BCUT2D eigenvalue weighted by Crippen LogP contribution is 2.17. The molecule has 3 nitrogen and oxygen atoms in total. The molecule has 0 unspecified atom stereocenters. The topological polar surface area (TPSA) is 56.2 Å². The fourth-order valence-electron chi connectivity index (χ4n) is 1.48. The molecule has 0 saturated heterocycles. The molecular weight excluding hydrogens is 213 g/mol. The number of nitrogens with two attached hydrogens (primary N) is 1. The van der Waals surface area contributed by atoms with Crippen molar-refractivity contribution in [1.82, 2.24) is 0 Å². The van der Waals surface area contributed by atoms with Crippen LogP contribution >= 0.6 is 0 Å². The van der Waals surface area contributed by atoms with E-state index >= 15 is 0 Å². The van der Waals surface area contributed by atoms with Crippen molar-refractivity contribution in [2.45, 2.75) is 0 Å². The van der Waals surface area contributed by atoms with Crippen molar-refractivity contribution in [2.75, 3.05) is 0 Å². The van der Waals surface area contributed by atoms with Crippen LogP contribution in [0.1, 0.15) is 11.3 Å². The molecule has 2 radical (unpaired) electrons. The van der Waals surface area contributed by atoms with E-state index in [-0.39, 0.29) is 0 Å². The Labute approximate surface area is 100 Å².